The van der Waals surface area contributed by atoms with E-state index in [0.717, 1.165) is 51.5 Å². The van der Waals surface area contributed by atoms with Gasteiger partial charge in [-0.15, -0.1) is 10.2 Å². The van der Waals surface area contributed by atoms with Crippen LogP contribution in [-0.2, 0) is 13.0 Å². The van der Waals surface area contributed by atoms with Gasteiger partial charge in [-0.1, -0.05) is 30.3 Å². The first-order valence-corrected chi connectivity index (χ1v) is 9.74. The Labute approximate surface area is 153 Å². The standard InChI is InChI=1S/C20H26F2N4/c21-18(22)19-23-24-20(26(19)14-16-11-12-16)25-13-5-10-17(25)9-4-8-15-6-2-1-3-7-15/h1-3,6-7,16-18H,4-5,8-14H2. The molecule has 2 heterocycles. The molecule has 0 N–H and O–H groups in total. The lowest BCUT2D eigenvalue weighted by Gasteiger charge is -2.26. The van der Waals surface area contributed by atoms with E-state index in [2.05, 4.69) is 39.4 Å². The summed E-state index contributed by atoms with van der Waals surface area (Å²) in [6.45, 7) is 1.53. The third-order valence-electron chi connectivity index (χ3n) is 5.57. The summed E-state index contributed by atoms with van der Waals surface area (Å²) < 4.78 is 28.4. The van der Waals surface area contributed by atoms with Gasteiger partial charge in [-0.05, 0) is 56.4 Å². The van der Waals surface area contributed by atoms with Gasteiger partial charge >= 0.3 is 0 Å². The molecule has 0 amide bonds. The first-order valence-electron chi connectivity index (χ1n) is 9.74. The molecule has 2 aromatic rings. The van der Waals surface area contributed by atoms with Crippen LogP contribution in [0.25, 0.3) is 0 Å². The van der Waals surface area contributed by atoms with E-state index < -0.39 is 6.43 Å². The summed E-state index contributed by atoms with van der Waals surface area (Å²) in [5.74, 6) is 1.01. The van der Waals surface area contributed by atoms with E-state index in [1.807, 2.05) is 6.07 Å². The number of aromatic nitrogens is 3. The molecule has 1 aromatic carbocycles. The number of benzene rings is 1. The van der Waals surface area contributed by atoms with Crippen molar-refractivity contribution < 1.29 is 8.78 Å². The molecule has 1 aromatic heterocycles. The van der Waals surface area contributed by atoms with E-state index in [1.165, 1.54) is 5.56 Å². The molecule has 0 bridgehead atoms. The molecular weight excluding hydrogens is 334 g/mol. The van der Waals surface area contributed by atoms with Crippen LogP contribution in [0.1, 0.15) is 56.3 Å². The van der Waals surface area contributed by atoms with Crippen molar-refractivity contribution in [2.75, 3.05) is 11.4 Å². The third kappa shape index (κ3) is 3.89. The fourth-order valence-electron chi connectivity index (χ4n) is 4.00. The Balaban J connectivity index is 1.44. The molecule has 1 saturated heterocycles. The number of hydrogen-bond donors (Lipinski definition) is 0. The average molecular weight is 360 g/mol. The van der Waals surface area contributed by atoms with Gasteiger partial charge in [0.1, 0.15) is 0 Å². The summed E-state index contributed by atoms with van der Waals surface area (Å²) in [6.07, 6.45) is 5.11. The average Bonchev–Trinajstić information content (AvgIpc) is 3.17. The van der Waals surface area contributed by atoms with Gasteiger partial charge in [0, 0.05) is 19.1 Å². The van der Waals surface area contributed by atoms with Crippen molar-refractivity contribution in [3.8, 4) is 0 Å². The largest absolute Gasteiger partial charge is 0.338 e. The maximum atomic E-state index is 13.3. The molecule has 140 valence electrons. The van der Waals surface area contributed by atoms with Crippen LogP contribution in [0.2, 0.25) is 0 Å². The molecule has 1 atom stereocenters. The molecule has 1 unspecified atom stereocenters. The van der Waals surface area contributed by atoms with Crippen LogP contribution in [0.4, 0.5) is 14.7 Å². The second-order valence-electron chi connectivity index (χ2n) is 7.58. The second-order valence-corrected chi connectivity index (χ2v) is 7.58. The van der Waals surface area contributed by atoms with Gasteiger partial charge < -0.3 is 4.90 Å². The van der Waals surface area contributed by atoms with Crippen LogP contribution >= 0.6 is 0 Å². The van der Waals surface area contributed by atoms with Gasteiger partial charge in [0.05, 0.1) is 0 Å². The lowest BCUT2D eigenvalue weighted by Crippen LogP contribution is -2.32. The SMILES string of the molecule is FC(F)c1nnc(N2CCCC2CCCc2ccccc2)n1CC1CC1. The molecule has 0 spiro atoms. The smallest absolute Gasteiger partial charge is 0.297 e. The lowest BCUT2D eigenvalue weighted by molar-refractivity contribution is 0.134. The van der Waals surface area contributed by atoms with Crippen LogP contribution < -0.4 is 4.90 Å². The van der Waals surface area contributed by atoms with Crippen molar-refractivity contribution in [3.05, 3.63) is 41.7 Å². The number of aryl methyl sites for hydroxylation is 1. The quantitative estimate of drug-likeness (QED) is 0.689. The molecule has 26 heavy (non-hydrogen) atoms. The second kappa shape index (κ2) is 7.72. The molecule has 2 aliphatic rings. The molecule has 1 aliphatic carbocycles. The summed E-state index contributed by atoms with van der Waals surface area (Å²) in [7, 11) is 0. The molecule has 0 radical (unpaired) electrons. The van der Waals surface area contributed by atoms with Crippen molar-refractivity contribution in [3.63, 3.8) is 0 Å². The maximum Gasteiger partial charge on any atom is 0.297 e. The van der Waals surface area contributed by atoms with Crippen LogP contribution in [0, 0.1) is 5.92 Å². The molecule has 1 aliphatic heterocycles. The van der Waals surface area contributed by atoms with Crippen LogP contribution in [0.5, 0.6) is 0 Å². The first kappa shape index (κ1) is 17.4. The first-order chi connectivity index (χ1) is 12.7. The van der Waals surface area contributed by atoms with Crippen LogP contribution in [0.15, 0.2) is 30.3 Å². The van der Waals surface area contributed by atoms with E-state index in [-0.39, 0.29) is 5.82 Å². The Morgan fingerprint density at radius 1 is 1.08 bits per heavy atom. The van der Waals surface area contributed by atoms with Gasteiger partial charge in [0.2, 0.25) is 11.8 Å². The number of halogens is 2. The molecule has 1 saturated carbocycles. The summed E-state index contributed by atoms with van der Waals surface area (Å²) in [4.78, 5) is 2.23. The zero-order chi connectivity index (χ0) is 17.9. The molecule has 2 fully saturated rings. The third-order valence-corrected chi connectivity index (χ3v) is 5.57. The fraction of sp³-hybridized carbons (Fsp3) is 0.600. The Morgan fingerprint density at radius 3 is 2.62 bits per heavy atom. The highest BCUT2D eigenvalue weighted by Gasteiger charge is 2.33. The van der Waals surface area contributed by atoms with Gasteiger partial charge in [-0.2, -0.15) is 0 Å². The molecule has 4 rings (SSSR count). The minimum Gasteiger partial charge on any atom is -0.338 e. The normalized spacial score (nSPS) is 20.3. The Hall–Kier alpha value is -1.98. The minimum atomic E-state index is -2.56. The van der Waals surface area contributed by atoms with Crippen molar-refractivity contribution >= 4 is 5.95 Å². The molecular formula is C20H26F2N4. The highest BCUT2D eigenvalue weighted by Crippen LogP contribution is 2.35. The zero-order valence-electron chi connectivity index (χ0n) is 15.0. The van der Waals surface area contributed by atoms with Crippen molar-refractivity contribution in [1.82, 2.24) is 14.8 Å². The van der Waals surface area contributed by atoms with Gasteiger partial charge in [0.25, 0.3) is 6.43 Å². The number of nitrogens with zero attached hydrogens (tertiary/aromatic N) is 4. The highest BCUT2D eigenvalue weighted by molar-refractivity contribution is 5.35. The van der Waals surface area contributed by atoms with Gasteiger partial charge in [-0.3, -0.25) is 4.57 Å². The maximum absolute atomic E-state index is 13.3. The highest BCUT2D eigenvalue weighted by atomic mass is 19.3. The summed E-state index contributed by atoms with van der Waals surface area (Å²) in [6, 6.07) is 10.9. The number of anilines is 1. The minimum absolute atomic E-state index is 0.165. The van der Waals surface area contributed by atoms with E-state index in [9.17, 15) is 8.78 Å². The summed E-state index contributed by atoms with van der Waals surface area (Å²) >= 11 is 0. The van der Waals surface area contributed by atoms with Crippen molar-refractivity contribution in [1.29, 1.82) is 0 Å². The lowest BCUT2D eigenvalue weighted by atomic mass is 10.0. The summed E-state index contributed by atoms with van der Waals surface area (Å²) in [5.41, 5.74) is 1.36. The van der Waals surface area contributed by atoms with Gasteiger partial charge in [-0.25, -0.2) is 8.78 Å². The van der Waals surface area contributed by atoms with Crippen LogP contribution in [-0.4, -0.2) is 27.4 Å². The van der Waals surface area contributed by atoms with E-state index >= 15 is 0 Å². The molecule has 4 nitrogen and oxygen atoms in total. The van der Waals surface area contributed by atoms with Crippen molar-refractivity contribution in [2.45, 2.75) is 64.0 Å². The van der Waals surface area contributed by atoms with Crippen molar-refractivity contribution in [2.24, 2.45) is 5.92 Å². The van der Waals surface area contributed by atoms with E-state index in [1.54, 1.807) is 4.57 Å². The topological polar surface area (TPSA) is 34.0 Å². The Kier molecular flexibility index (Phi) is 5.18. The predicted octanol–water partition coefficient (Wildman–Crippen LogP) is 4.62. The Morgan fingerprint density at radius 2 is 1.88 bits per heavy atom. The van der Waals surface area contributed by atoms with E-state index in [0.29, 0.717) is 24.5 Å². The number of hydrogen-bond acceptors (Lipinski definition) is 3. The Bertz CT molecular complexity index is 712. The molecule has 6 heteroatoms. The zero-order valence-corrected chi connectivity index (χ0v) is 15.0. The number of rotatable bonds is 8. The van der Waals surface area contributed by atoms with Gasteiger partial charge in [0.15, 0.2) is 0 Å². The monoisotopic (exact) mass is 360 g/mol. The van der Waals surface area contributed by atoms with Crippen LogP contribution in [0.3, 0.4) is 0 Å². The summed E-state index contributed by atoms with van der Waals surface area (Å²) in [5, 5.41) is 8.00. The fourth-order valence-corrected chi connectivity index (χ4v) is 4.00. The predicted molar refractivity (Wildman–Crippen MR) is 97.5 cm³/mol. The van der Waals surface area contributed by atoms with E-state index in [4.69, 9.17) is 0 Å². The number of alkyl halides is 2.